The standard InChI is InChI=1S/C12H14ClN5O2/c1-2-14-6-12-15-8-16-17(12)7-9-10(13)4-3-5-11(9)18(19)20/h3-5,8,14H,2,6-7H2,1H3. The van der Waals surface area contributed by atoms with E-state index in [1.54, 1.807) is 16.8 Å². The molecule has 106 valence electrons. The predicted octanol–water partition coefficient (Wildman–Crippen LogP) is 2.00. The lowest BCUT2D eigenvalue weighted by Gasteiger charge is -2.08. The second-order valence-electron chi connectivity index (χ2n) is 4.11. The van der Waals surface area contributed by atoms with E-state index in [1.807, 2.05) is 6.92 Å². The first-order valence-corrected chi connectivity index (χ1v) is 6.50. The summed E-state index contributed by atoms with van der Waals surface area (Å²) >= 11 is 6.07. The normalized spacial score (nSPS) is 10.7. The molecular weight excluding hydrogens is 282 g/mol. The first-order valence-electron chi connectivity index (χ1n) is 6.12. The average molecular weight is 296 g/mol. The molecule has 0 aliphatic heterocycles. The SMILES string of the molecule is CCNCc1ncnn1Cc1c(Cl)cccc1[N+](=O)[O-]. The van der Waals surface area contributed by atoms with Crippen LogP contribution in [0.4, 0.5) is 5.69 Å². The molecule has 0 spiro atoms. The van der Waals surface area contributed by atoms with Gasteiger partial charge in [-0.25, -0.2) is 9.67 Å². The van der Waals surface area contributed by atoms with Gasteiger partial charge < -0.3 is 5.32 Å². The number of halogens is 1. The van der Waals surface area contributed by atoms with Crippen LogP contribution in [0.2, 0.25) is 5.02 Å². The fourth-order valence-electron chi connectivity index (χ4n) is 1.82. The molecule has 1 aromatic carbocycles. The van der Waals surface area contributed by atoms with Crippen LogP contribution in [-0.2, 0) is 13.1 Å². The first-order chi connectivity index (χ1) is 9.63. The summed E-state index contributed by atoms with van der Waals surface area (Å²) in [4.78, 5) is 14.7. The third kappa shape index (κ3) is 3.12. The van der Waals surface area contributed by atoms with Crippen LogP contribution in [0.25, 0.3) is 0 Å². The third-order valence-corrected chi connectivity index (χ3v) is 3.18. The minimum Gasteiger partial charge on any atom is -0.310 e. The van der Waals surface area contributed by atoms with Crippen molar-refractivity contribution in [2.45, 2.75) is 20.0 Å². The Morgan fingerprint density at radius 3 is 3.00 bits per heavy atom. The number of hydrogen-bond acceptors (Lipinski definition) is 5. The lowest BCUT2D eigenvalue weighted by Crippen LogP contribution is -2.17. The Bertz CT molecular complexity index is 614. The molecule has 8 heteroatoms. The molecule has 0 aliphatic carbocycles. The molecule has 2 rings (SSSR count). The average Bonchev–Trinajstić information content (AvgIpc) is 2.85. The van der Waals surface area contributed by atoms with Gasteiger partial charge in [0.15, 0.2) is 0 Å². The zero-order chi connectivity index (χ0) is 14.5. The zero-order valence-electron chi connectivity index (χ0n) is 10.9. The molecule has 0 saturated heterocycles. The molecule has 0 atom stereocenters. The number of rotatable bonds is 6. The predicted molar refractivity (Wildman–Crippen MR) is 74.6 cm³/mol. The Morgan fingerprint density at radius 2 is 2.30 bits per heavy atom. The molecule has 0 amide bonds. The third-order valence-electron chi connectivity index (χ3n) is 2.83. The van der Waals surface area contributed by atoms with Gasteiger partial charge in [-0.15, -0.1) is 0 Å². The fourth-order valence-corrected chi connectivity index (χ4v) is 2.05. The van der Waals surface area contributed by atoms with Crippen molar-refractivity contribution in [3.05, 3.63) is 51.1 Å². The van der Waals surface area contributed by atoms with Gasteiger partial charge in [0.1, 0.15) is 12.2 Å². The molecular formula is C12H14ClN5O2. The van der Waals surface area contributed by atoms with E-state index in [1.165, 1.54) is 12.4 Å². The number of nitrogens with zero attached hydrogens (tertiary/aromatic N) is 4. The van der Waals surface area contributed by atoms with Gasteiger partial charge in [-0.2, -0.15) is 5.10 Å². The summed E-state index contributed by atoms with van der Waals surface area (Å²) in [7, 11) is 0. The number of benzene rings is 1. The van der Waals surface area contributed by atoms with Gasteiger partial charge in [0.25, 0.3) is 5.69 Å². The highest BCUT2D eigenvalue weighted by Gasteiger charge is 2.18. The van der Waals surface area contributed by atoms with Gasteiger partial charge in [-0.1, -0.05) is 24.6 Å². The zero-order valence-corrected chi connectivity index (χ0v) is 11.7. The lowest BCUT2D eigenvalue weighted by atomic mass is 10.2. The smallest absolute Gasteiger partial charge is 0.275 e. The van der Waals surface area contributed by atoms with Crippen molar-refractivity contribution in [1.82, 2.24) is 20.1 Å². The summed E-state index contributed by atoms with van der Waals surface area (Å²) in [5.41, 5.74) is 0.421. The van der Waals surface area contributed by atoms with Crippen LogP contribution < -0.4 is 5.32 Å². The van der Waals surface area contributed by atoms with Crippen LogP contribution in [0.3, 0.4) is 0 Å². The van der Waals surface area contributed by atoms with Crippen molar-refractivity contribution in [3.8, 4) is 0 Å². The van der Waals surface area contributed by atoms with E-state index in [0.717, 1.165) is 6.54 Å². The van der Waals surface area contributed by atoms with E-state index in [9.17, 15) is 10.1 Å². The van der Waals surface area contributed by atoms with Crippen molar-refractivity contribution in [2.24, 2.45) is 0 Å². The molecule has 20 heavy (non-hydrogen) atoms. The number of hydrogen-bond donors (Lipinski definition) is 1. The maximum Gasteiger partial charge on any atom is 0.275 e. The molecule has 2 aromatic rings. The summed E-state index contributed by atoms with van der Waals surface area (Å²) in [6.07, 6.45) is 1.43. The second kappa shape index (κ2) is 6.44. The summed E-state index contributed by atoms with van der Waals surface area (Å²) < 4.78 is 1.61. The molecule has 0 unspecified atom stereocenters. The Hall–Kier alpha value is -1.99. The van der Waals surface area contributed by atoms with Crippen LogP contribution >= 0.6 is 11.6 Å². The molecule has 1 heterocycles. The van der Waals surface area contributed by atoms with Crippen molar-refractivity contribution in [1.29, 1.82) is 0 Å². The van der Waals surface area contributed by atoms with E-state index in [0.29, 0.717) is 23.0 Å². The summed E-state index contributed by atoms with van der Waals surface area (Å²) in [5, 5.41) is 18.6. The highest BCUT2D eigenvalue weighted by Crippen LogP contribution is 2.27. The van der Waals surface area contributed by atoms with Gasteiger partial charge in [-0.05, 0) is 12.6 Å². The molecule has 0 saturated carbocycles. The Kier molecular flexibility index (Phi) is 4.65. The summed E-state index contributed by atoms with van der Waals surface area (Å²) in [6.45, 7) is 3.56. The van der Waals surface area contributed by atoms with Gasteiger partial charge in [0, 0.05) is 6.07 Å². The number of nitro groups is 1. The summed E-state index contributed by atoms with van der Waals surface area (Å²) in [5.74, 6) is 0.709. The largest absolute Gasteiger partial charge is 0.310 e. The Morgan fingerprint density at radius 1 is 1.50 bits per heavy atom. The van der Waals surface area contributed by atoms with E-state index in [4.69, 9.17) is 11.6 Å². The maximum absolute atomic E-state index is 11.0. The van der Waals surface area contributed by atoms with Crippen LogP contribution in [0.15, 0.2) is 24.5 Å². The van der Waals surface area contributed by atoms with Gasteiger partial charge >= 0.3 is 0 Å². The molecule has 1 N–H and O–H groups in total. The minimum absolute atomic E-state index is 0.0117. The molecule has 0 bridgehead atoms. The fraction of sp³-hybridized carbons (Fsp3) is 0.333. The maximum atomic E-state index is 11.0. The van der Waals surface area contributed by atoms with Crippen LogP contribution in [-0.4, -0.2) is 26.2 Å². The molecule has 0 aliphatic rings. The van der Waals surface area contributed by atoms with Gasteiger partial charge in [-0.3, -0.25) is 10.1 Å². The monoisotopic (exact) mass is 295 g/mol. The van der Waals surface area contributed by atoms with Gasteiger partial charge in [0.05, 0.1) is 28.6 Å². The van der Waals surface area contributed by atoms with Crippen molar-refractivity contribution in [3.63, 3.8) is 0 Å². The summed E-state index contributed by atoms with van der Waals surface area (Å²) in [6, 6.07) is 4.62. The minimum atomic E-state index is -0.442. The molecule has 7 nitrogen and oxygen atoms in total. The van der Waals surface area contributed by atoms with Gasteiger partial charge in [0.2, 0.25) is 0 Å². The topological polar surface area (TPSA) is 85.9 Å². The highest BCUT2D eigenvalue weighted by molar-refractivity contribution is 6.31. The molecule has 0 fully saturated rings. The van der Waals surface area contributed by atoms with Crippen molar-refractivity contribution in [2.75, 3.05) is 6.54 Å². The first kappa shape index (κ1) is 14.4. The van der Waals surface area contributed by atoms with E-state index < -0.39 is 4.92 Å². The number of aromatic nitrogens is 3. The Labute approximate surface area is 120 Å². The van der Waals surface area contributed by atoms with Crippen LogP contribution in [0.5, 0.6) is 0 Å². The number of nitro benzene ring substituents is 1. The molecule has 0 radical (unpaired) electrons. The lowest BCUT2D eigenvalue weighted by molar-refractivity contribution is -0.385. The van der Waals surface area contributed by atoms with E-state index in [-0.39, 0.29) is 12.2 Å². The van der Waals surface area contributed by atoms with Crippen LogP contribution in [0, 0.1) is 10.1 Å². The highest BCUT2D eigenvalue weighted by atomic mass is 35.5. The Balaban J connectivity index is 2.30. The molecule has 1 aromatic heterocycles. The second-order valence-corrected chi connectivity index (χ2v) is 4.52. The number of nitrogens with one attached hydrogen (secondary N) is 1. The van der Waals surface area contributed by atoms with Crippen molar-refractivity contribution >= 4 is 17.3 Å². The van der Waals surface area contributed by atoms with E-state index in [2.05, 4.69) is 15.4 Å². The van der Waals surface area contributed by atoms with Crippen molar-refractivity contribution < 1.29 is 4.92 Å². The quantitative estimate of drug-likeness (QED) is 0.650. The van der Waals surface area contributed by atoms with E-state index >= 15 is 0 Å². The van der Waals surface area contributed by atoms with Crippen LogP contribution in [0.1, 0.15) is 18.3 Å².